The molecule has 0 saturated heterocycles. The molecule has 0 aliphatic heterocycles. The Morgan fingerprint density at radius 2 is 0.900 bits per heavy atom. The van der Waals surface area contributed by atoms with Crippen molar-refractivity contribution in [2.45, 2.75) is 0 Å². The monoisotopic (exact) mass is 219 g/mol. The van der Waals surface area contributed by atoms with Crippen molar-refractivity contribution < 1.29 is 0 Å². The van der Waals surface area contributed by atoms with E-state index in [2.05, 4.69) is 15.0 Å². The summed E-state index contributed by atoms with van der Waals surface area (Å²) in [7, 11) is 0. The summed E-state index contributed by atoms with van der Waals surface area (Å²) in [5, 5.41) is 0.00000000000000178. The lowest BCUT2D eigenvalue weighted by molar-refractivity contribution is 1.05. The molecule has 0 spiro atoms. The van der Waals surface area contributed by atoms with E-state index >= 15 is 0 Å². The van der Waals surface area contributed by atoms with Crippen LogP contribution in [0, 0.1) is 0 Å². The van der Waals surface area contributed by atoms with Crippen molar-refractivity contribution in [2.24, 2.45) is 0 Å². The molecule has 1 rings (SSSR count). The van der Waals surface area contributed by atoms with Gasteiger partial charge in [0.1, 0.15) is 0 Å². The maximum absolute atomic E-state index is 5.32. The maximum Gasteiger partial charge on any atom is 0.227 e. The minimum Gasteiger partial charge on any atom is -0.187 e. The van der Waals surface area contributed by atoms with Crippen LogP contribution in [0.1, 0.15) is 0 Å². The van der Waals surface area contributed by atoms with Gasteiger partial charge in [-0.25, -0.2) is 0 Å². The standard InChI is InChI=1S/C3Cl3N3.ClH/c4-1-7-2(5)9-3(6)8-1;/h;1H. The van der Waals surface area contributed by atoms with E-state index < -0.39 is 0 Å². The van der Waals surface area contributed by atoms with Gasteiger partial charge in [0.2, 0.25) is 15.9 Å². The molecule has 0 N–H and O–H groups in total. The highest BCUT2D eigenvalue weighted by molar-refractivity contribution is 6.33. The second-order valence-electron chi connectivity index (χ2n) is 1.14. The summed E-state index contributed by atoms with van der Waals surface area (Å²) in [4.78, 5) is 10.4. The quantitative estimate of drug-likeness (QED) is 0.674. The third-order valence-corrected chi connectivity index (χ3v) is 1.06. The Balaban J connectivity index is 0.000000810. The summed E-state index contributed by atoms with van der Waals surface area (Å²) in [6, 6.07) is 0. The molecule has 0 radical (unpaired) electrons. The molecule has 0 aliphatic carbocycles. The molecule has 7 heteroatoms. The van der Waals surface area contributed by atoms with E-state index in [1.165, 1.54) is 0 Å². The lowest BCUT2D eigenvalue weighted by Gasteiger charge is -1.88. The number of halogens is 4. The van der Waals surface area contributed by atoms with Crippen molar-refractivity contribution in [1.82, 2.24) is 15.0 Å². The van der Waals surface area contributed by atoms with E-state index in [0.717, 1.165) is 0 Å². The molecule has 1 aromatic heterocycles. The predicted molar refractivity (Wildman–Crippen MR) is 42.1 cm³/mol. The number of nitrogens with zero attached hydrogens (tertiary/aromatic N) is 3. The molecule has 0 bridgehead atoms. The van der Waals surface area contributed by atoms with Crippen LogP contribution in [0.4, 0.5) is 0 Å². The topological polar surface area (TPSA) is 38.7 Å². The predicted octanol–water partition coefficient (Wildman–Crippen LogP) is 2.25. The summed E-state index contributed by atoms with van der Waals surface area (Å²) >= 11 is 16.0. The summed E-state index contributed by atoms with van der Waals surface area (Å²) in [6.45, 7) is 0. The minimum absolute atomic E-state index is 0. The zero-order valence-corrected chi connectivity index (χ0v) is 7.47. The third-order valence-electron chi connectivity index (χ3n) is 0.554. The Bertz CT molecular complexity index is 177. The van der Waals surface area contributed by atoms with Gasteiger partial charge < -0.3 is 0 Å². The van der Waals surface area contributed by atoms with Crippen LogP contribution in [0.2, 0.25) is 15.9 Å². The number of hydrogen-bond donors (Lipinski definition) is 0. The molecule has 0 aromatic carbocycles. The highest BCUT2D eigenvalue weighted by Gasteiger charge is 1.97. The van der Waals surface area contributed by atoms with Crippen molar-refractivity contribution in [3.05, 3.63) is 15.9 Å². The Labute approximate surface area is 78.2 Å². The Morgan fingerprint density at radius 3 is 1.10 bits per heavy atom. The molecule has 1 aromatic rings. The van der Waals surface area contributed by atoms with E-state index in [9.17, 15) is 0 Å². The first kappa shape index (κ1) is 10.2. The lowest BCUT2D eigenvalue weighted by atomic mass is 11.1. The summed E-state index contributed by atoms with van der Waals surface area (Å²) in [5.41, 5.74) is 0. The highest BCUT2D eigenvalue weighted by atomic mass is 35.5. The Kier molecular flexibility index (Phi) is 4.20. The first-order valence-corrected chi connectivity index (χ1v) is 3.04. The van der Waals surface area contributed by atoms with Gasteiger partial charge >= 0.3 is 0 Å². The van der Waals surface area contributed by atoms with Gasteiger partial charge in [0.05, 0.1) is 0 Å². The normalized spacial score (nSPS) is 8.70. The SMILES string of the molecule is Cl.Clc1nc(Cl)nc(Cl)n1. The van der Waals surface area contributed by atoms with Crippen molar-refractivity contribution in [2.75, 3.05) is 0 Å². The average Bonchev–Trinajstić information content (AvgIpc) is 1.59. The zero-order chi connectivity index (χ0) is 6.85. The Hall–Kier alpha value is 0.170. The molecule has 0 unspecified atom stereocenters. The largest absolute Gasteiger partial charge is 0.227 e. The van der Waals surface area contributed by atoms with Gasteiger partial charge in [0, 0.05) is 0 Å². The van der Waals surface area contributed by atoms with Crippen LogP contribution in [0.25, 0.3) is 0 Å². The van der Waals surface area contributed by atoms with Crippen LogP contribution < -0.4 is 0 Å². The fourth-order valence-electron chi connectivity index (χ4n) is 0.303. The highest BCUT2D eigenvalue weighted by Crippen LogP contribution is 2.08. The molecule has 0 saturated carbocycles. The van der Waals surface area contributed by atoms with Crippen LogP contribution in [0.5, 0.6) is 0 Å². The molecular formula is C3HCl4N3. The van der Waals surface area contributed by atoms with Crippen molar-refractivity contribution in [3.63, 3.8) is 0 Å². The zero-order valence-electron chi connectivity index (χ0n) is 4.38. The number of hydrogen-bond acceptors (Lipinski definition) is 3. The second-order valence-corrected chi connectivity index (χ2v) is 2.16. The van der Waals surface area contributed by atoms with Gasteiger partial charge in [0.15, 0.2) is 0 Å². The summed E-state index contributed by atoms with van der Waals surface area (Å²) in [6.07, 6.45) is 0. The molecule has 1 heterocycles. The van der Waals surface area contributed by atoms with E-state index in [0.29, 0.717) is 0 Å². The molecule has 10 heavy (non-hydrogen) atoms. The minimum atomic E-state index is 0. The van der Waals surface area contributed by atoms with E-state index in [1.54, 1.807) is 0 Å². The van der Waals surface area contributed by atoms with Crippen LogP contribution >= 0.6 is 47.2 Å². The first-order chi connectivity index (χ1) is 4.18. The molecule has 0 atom stereocenters. The van der Waals surface area contributed by atoms with Gasteiger partial charge in [0.25, 0.3) is 0 Å². The lowest BCUT2D eigenvalue weighted by Crippen LogP contribution is -1.87. The smallest absolute Gasteiger partial charge is 0.187 e. The Morgan fingerprint density at radius 1 is 0.700 bits per heavy atom. The van der Waals surface area contributed by atoms with Gasteiger partial charge in [-0.1, -0.05) is 0 Å². The second kappa shape index (κ2) is 4.13. The van der Waals surface area contributed by atoms with E-state index in [-0.39, 0.29) is 28.3 Å². The summed E-state index contributed by atoms with van der Waals surface area (Å²) < 4.78 is 0. The first-order valence-electron chi connectivity index (χ1n) is 1.91. The van der Waals surface area contributed by atoms with Gasteiger partial charge in [-0.15, -0.1) is 12.4 Å². The van der Waals surface area contributed by atoms with E-state index in [1.807, 2.05) is 0 Å². The van der Waals surface area contributed by atoms with Crippen LogP contribution in [0.15, 0.2) is 0 Å². The van der Waals surface area contributed by atoms with Gasteiger partial charge in [-0.05, 0) is 34.8 Å². The van der Waals surface area contributed by atoms with Gasteiger partial charge in [-0.3, -0.25) is 0 Å². The van der Waals surface area contributed by atoms with Crippen molar-refractivity contribution in [3.8, 4) is 0 Å². The molecular weight excluding hydrogens is 220 g/mol. The molecule has 56 valence electrons. The van der Waals surface area contributed by atoms with Crippen LogP contribution in [-0.2, 0) is 0 Å². The number of aromatic nitrogens is 3. The maximum atomic E-state index is 5.32. The molecule has 0 fully saturated rings. The van der Waals surface area contributed by atoms with Crippen LogP contribution in [0.3, 0.4) is 0 Å². The van der Waals surface area contributed by atoms with Crippen molar-refractivity contribution >= 4 is 47.2 Å². The molecule has 0 aliphatic rings. The van der Waals surface area contributed by atoms with Gasteiger partial charge in [-0.2, -0.15) is 15.0 Å². The van der Waals surface area contributed by atoms with Crippen molar-refractivity contribution in [1.29, 1.82) is 0 Å². The van der Waals surface area contributed by atoms with E-state index in [4.69, 9.17) is 34.8 Å². The average molecular weight is 221 g/mol. The third kappa shape index (κ3) is 2.84. The fraction of sp³-hybridized carbons (Fsp3) is 0. The molecule has 0 amide bonds. The fourth-order valence-corrected chi connectivity index (χ4v) is 0.913. The van der Waals surface area contributed by atoms with Crippen LogP contribution in [-0.4, -0.2) is 15.0 Å². The summed E-state index contributed by atoms with van der Waals surface area (Å²) in [5.74, 6) is 0. The number of rotatable bonds is 0. The molecule has 3 nitrogen and oxygen atoms in total.